The van der Waals surface area contributed by atoms with Crippen LogP contribution in [0.15, 0.2) is 23.1 Å². The molecule has 1 heterocycles. The van der Waals surface area contributed by atoms with E-state index in [0.29, 0.717) is 48.0 Å². The van der Waals surface area contributed by atoms with Crippen molar-refractivity contribution in [3.63, 3.8) is 0 Å². The van der Waals surface area contributed by atoms with Crippen LogP contribution in [0.25, 0.3) is 6.08 Å². The molecule has 1 atom stereocenters. The number of aliphatic carboxylic acids is 1. The second-order valence-corrected chi connectivity index (χ2v) is 9.55. The van der Waals surface area contributed by atoms with Crippen molar-refractivity contribution in [1.82, 2.24) is 10.2 Å². The zero-order valence-electron chi connectivity index (χ0n) is 17.9. The minimum atomic E-state index is -1.02. The summed E-state index contributed by atoms with van der Waals surface area (Å²) in [6, 6.07) is 2.79. The topological polar surface area (TPSA) is 86.7 Å². The number of halogens is 2. The van der Waals surface area contributed by atoms with E-state index >= 15 is 0 Å². The number of carboxylic acid groups (broad SMARTS) is 1. The van der Waals surface area contributed by atoms with Crippen molar-refractivity contribution in [2.24, 2.45) is 11.8 Å². The van der Waals surface area contributed by atoms with E-state index < -0.39 is 12.0 Å². The molecule has 1 aromatic rings. The van der Waals surface area contributed by atoms with Crippen LogP contribution in [0.3, 0.4) is 0 Å². The number of carbonyl (C=O) groups excluding carboxylic acids is 2. The maximum atomic E-state index is 12.5. The smallest absolute Gasteiger partial charge is 0.326 e. The highest BCUT2D eigenvalue weighted by Crippen LogP contribution is 2.35. The highest BCUT2D eigenvalue weighted by atomic mass is 35.5. The van der Waals surface area contributed by atoms with Crippen molar-refractivity contribution >= 4 is 58.8 Å². The Morgan fingerprint density at radius 3 is 2.42 bits per heavy atom. The summed E-state index contributed by atoms with van der Waals surface area (Å²) in [4.78, 5) is 38.9. The molecule has 0 bridgehead atoms. The molecule has 170 valence electrons. The Labute approximate surface area is 197 Å². The first-order valence-corrected chi connectivity index (χ1v) is 12.1. The quantitative estimate of drug-likeness (QED) is 0.414. The molecule has 0 aromatic heterocycles. The molecule has 1 fully saturated rings. The van der Waals surface area contributed by atoms with Crippen LogP contribution < -0.4 is 5.32 Å². The predicted octanol–water partition coefficient (Wildman–Crippen LogP) is 4.58. The Morgan fingerprint density at radius 1 is 1.23 bits per heavy atom. The number of nitrogens with one attached hydrogen (secondary N) is 1. The van der Waals surface area contributed by atoms with Crippen molar-refractivity contribution in [2.75, 3.05) is 19.3 Å². The second kappa shape index (κ2) is 11.8. The van der Waals surface area contributed by atoms with E-state index in [-0.39, 0.29) is 23.7 Å². The van der Waals surface area contributed by atoms with Gasteiger partial charge in [0.25, 0.3) is 0 Å². The molecule has 2 rings (SSSR count). The molecule has 1 aromatic carbocycles. The van der Waals surface area contributed by atoms with Gasteiger partial charge in [-0.3, -0.25) is 9.59 Å². The first-order valence-electron chi connectivity index (χ1n) is 10.2. The Morgan fingerprint density at radius 2 is 1.87 bits per heavy atom. The third kappa shape index (κ3) is 7.16. The number of amides is 2. The Bertz CT molecular complexity index is 852. The van der Waals surface area contributed by atoms with E-state index in [0.717, 1.165) is 4.90 Å². The summed E-state index contributed by atoms with van der Waals surface area (Å²) in [6.07, 6.45) is 6.38. The molecule has 0 aliphatic carbocycles. The number of hydrogen-bond acceptors (Lipinski definition) is 4. The normalized spacial score (nSPS) is 16.0. The van der Waals surface area contributed by atoms with Crippen molar-refractivity contribution in [2.45, 2.75) is 44.0 Å². The van der Waals surface area contributed by atoms with Gasteiger partial charge in [-0.1, -0.05) is 43.1 Å². The fourth-order valence-electron chi connectivity index (χ4n) is 3.44. The Kier molecular flexibility index (Phi) is 9.72. The largest absolute Gasteiger partial charge is 0.480 e. The number of carbonyl (C=O) groups is 3. The van der Waals surface area contributed by atoms with Gasteiger partial charge in [0, 0.05) is 30.0 Å². The molecule has 6 nitrogen and oxygen atoms in total. The number of rotatable bonds is 8. The lowest BCUT2D eigenvalue weighted by molar-refractivity contribution is -0.143. The van der Waals surface area contributed by atoms with Crippen LogP contribution in [-0.4, -0.2) is 53.2 Å². The molecule has 9 heteroatoms. The maximum Gasteiger partial charge on any atom is 0.326 e. The molecule has 0 saturated carbocycles. The minimum Gasteiger partial charge on any atom is -0.480 e. The number of likely N-dealkylation sites (tertiary alicyclic amines) is 1. The molecule has 31 heavy (non-hydrogen) atoms. The average molecular weight is 487 g/mol. The molecule has 2 N–H and O–H groups in total. The van der Waals surface area contributed by atoms with E-state index in [4.69, 9.17) is 23.2 Å². The lowest BCUT2D eigenvalue weighted by atomic mass is 9.94. The maximum absolute atomic E-state index is 12.5. The second-order valence-electron chi connectivity index (χ2n) is 7.95. The van der Waals surface area contributed by atoms with Crippen LogP contribution in [0.4, 0.5) is 0 Å². The molecule has 1 aliphatic heterocycles. The number of carboxylic acids is 1. The summed E-state index contributed by atoms with van der Waals surface area (Å²) in [5, 5.41) is 12.8. The molecule has 1 unspecified atom stereocenters. The highest BCUT2D eigenvalue weighted by Gasteiger charge is 2.29. The van der Waals surface area contributed by atoms with Crippen LogP contribution in [0.1, 0.15) is 38.7 Å². The van der Waals surface area contributed by atoms with Crippen LogP contribution in [-0.2, 0) is 14.4 Å². The number of thioether (sulfide) groups is 1. The highest BCUT2D eigenvalue weighted by molar-refractivity contribution is 7.98. The molecule has 2 amide bonds. The van der Waals surface area contributed by atoms with Crippen molar-refractivity contribution in [3.8, 4) is 0 Å². The monoisotopic (exact) mass is 486 g/mol. The molecule has 0 spiro atoms. The van der Waals surface area contributed by atoms with E-state index in [1.165, 1.54) is 17.8 Å². The average Bonchev–Trinajstić information content (AvgIpc) is 2.73. The zero-order chi connectivity index (χ0) is 23.1. The van der Waals surface area contributed by atoms with E-state index in [1.54, 1.807) is 11.0 Å². The molecular weight excluding hydrogens is 459 g/mol. The molecule has 0 radical (unpaired) electrons. The van der Waals surface area contributed by atoms with Crippen LogP contribution in [0, 0.1) is 11.8 Å². The standard InChI is InChI=1S/C22H28Cl2N2O4S/c1-13(2)12-16(22(29)30)25-21(28)15-8-10-26(11-9-15)18(27)7-5-14-4-6-17(31-3)20(24)19(14)23/h4-7,13,15-16H,8-12H2,1-3H3,(H,25,28)(H,29,30)/b7-5+. The minimum absolute atomic E-state index is 0.160. The summed E-state index contributed by atoms with van der Waals surface area (Å²) < 4.78 is 0. The van der Waals surface area contributed by atoms with Gasteiger partial charge in [0.1, 0.15) is 6.04 Å². The van der Waals surface area contributed by atoms with E-state index in [1.807, 2.05) is 32.2 Å². The first kappa shape index (κ1) is 25.6. The van der Waals surface area contributed by atoms with Gasteiger partial charge in [0.15, 0.2) is 0 Å². The Hall–Kier alpha value is -1.70. The number of benzene rings is 1. The zero-order valence-corrected chi connectivity index (χ0v) is 20.2. The SMILES string of the molecule is CSc1ccc(/C=C/C(=O)N2CCC(C(=O)NC(CC(C)C)C(=O)O)CC2)c(Cl)c1Cl. The van der Waals surface area contributed by atoms with Gasteiger partial charge in [-0.2, -0.15) is 0 Å². The van der Waals surface area contributed by atoms with Crippen LogP contribution in [0.5, 0.6) is 0 Å². The summed E-state index contributed by atoms with van der Waals surface area (Å²) in [6.45, 7) is 4.70. The summed E-state index contributed by atoms with van der Waals surface area (Å²) in [5.74, 6) is -1.58. The van der Waals surface area contributed by atoms with Crippen LogP contribution >= 0.6 is 35.0 Å². The summed E-state index contributed by atoms with van der Waals surface area (Å²) in [7, 11) is 0. The third-order valence-electron chi connectivity index (χ3n) is 5.20. The van der Waals surface area contributed by atoms with Gasteiger partial charge in [0.05, 0.1) is 10.0 Å². The lowest BCUT2D eigenvalue weighted by Gasteiger charge is -2.31. The van der Waals surface area contributed by atoms with Gasteiger partial charge < -0.3 is 15.3 Å². The fourth-order valence-corrected chi connectivity index (χ4v) is 4.62. The van der Waals surface area contributed by atoms with Gasteiger partial charge >= 0.3 is 5.97 Å². The fraction of sp³-hybridized carbons (Fsp3) is 0.500. The predicted molar refractivity (Wildman–Crippen MR) is 126 cm³/mol. The van der Waals surface area contributed by atoms with Crippen molar-refractivity contribution in [1.29, 1.82) is 0 Å². The number of hydrogen-bond donors (Lipinski definition) is 2. The van der Waals surface area contributed by atoms with Gasteiger partial charge in [-0.15, -0.1) is 11.8 Å². The van der Waals surface area contributed by atoms with Crippen molar-refractivity contribution < 1.29 is 19.5 Å². The number of nitrogens with zero attached hydrogens (tertiary/aromatic N) is 1. The van der Waals surface area contributed by atoms with Gasteiger partial charge in [-0.05, 0) is 49.1 Å². The molecule has 1 saturated heterocycles. The van der Waals surface area contributed by atoms with Crippen molar-refractivity contribution in [3.05, 3.63) is 33.8 Å². The molecule has 1 aliphatic rings. The van der Waals surface area contributed by atoms with Gasteiger partial charge in [-0.25, -0.2) is 4.79 Å². The molecular formula is C22H28Cl2N2O4S. The first-order chi connectivity index (χ1) is 14.6. The third-order valence-corrected chi connectivity index (χ3v) is 6.99. The van der Waals surface area contributed by atoms with E-state index in [2.05, 4.69) is 5.32 Å². The summed E-state index contributed by atoms with van der Waals surface area (Å²) in [5.41, 5.74) is 0.664. The Balaban J connectivity index is 1.91. The van der Waals surface area contributed by atoms with E-state index in [9.17, 15) is 19.5 Å². The van der Waals surface area contributed by atoms with Crippen LogP contribution in [0.2, 0.25) is 10.0 Å². The van der Waals surface area contributed by atoms with Gasteiger partial charge in [0.2, 0.25) is 11.8 Å². The summed E-state index contributed by atoms with van der Waals surface area (Å²) >= 11 is 14.0. The lowest BCUT2D eigenvalue weighted by Crippen LogP contribution is -2.47. The number of piperidine rings is 1.